The zero-order valence-electron chi connectivity index (χ0n) is 10.8. The van der Waals surface area contributed by atoms with Crippen LogP contribution >= 0.6 is 11.6 Å². The summed E-state index contributed by atoms with van der Waals surface area (Å²) in [6.45, 7) is 3.88. The highest BCUT2D eigenvalue weighted by molar-refractivity contribution is 6.30. The van der Waals surface area contributed by atoms with Gasteiger partial charge in [-0.25, -0.2) is 0 Å². The van der Waals surface area contributed by atoms with Gasteiger partial charge in [0.15, 0.2) is 0 Å². The largest absolute Gasteiger partial charge is 0.491 e. The van der Waals surface area contributed by atoms with E-state index in [0.29, 0.717) is 22.0 Å². The minimum atomic E-state index is -0.147. The van der Waals surface area contributed by atoms with E-state index in [1.54, 1.807) is 30.3 Å². The number of benzene rings is 1. The van der Waals surface area contributed by atoms with Gasteiger partial charge in [0.05, 0.1) is 11.1 Å². The van der Waals surface area contributed by atoms with Gasteiger partial charge in [0.2, 0.25) is 5.78 Å². The second-order valence-corrected chi connectivity index (χ2v) is 4.82. The molecule has 0 aliphatic heterocycles. The van der Waals surface area contributed by atoms with Crippen LogP contribution in [0.5, 0.6) is 5.75 Å². The number of ether oxygens (including phenoxy) is 1. The summed E-state index contributed by atoms with van der Waals surface area (Å²) in [6.07, 6.45) is 1.53. The third-order valence-electron chi connectivity index (χ3n) is 2.43. The molecule has 0 saturated heterocycles. The molecule has 2 rings (SSSR count). The maximum absolute atomic E-state index is 12.2. The van der Waals surface area contributed by atoms with Gasteiger partial charge in [-0.3, -0.25) is 9.78 Å². The van der Waals surface area contributed by atoms with E-state index in [1.807, 2.05) is 19.9 Å². The van der Waals surface area contributed by atoms with E-state index in [0.717, 1.165) is 0 Å². The number of hydrogen-bond donors (Lipinski definition) is 0. The molecular formula is C15H14ClNO2. The number of hydrogen-bond acceptors (Lipinski definition) is 3. The van der Waals surface area contributed by atoms with Gasteiger partial charge in [-0.15, -0.1) is 0 Å². The maximum Gasteiger partial charge on any atom is 0.211 e. The first-order chi connectivity index (χ1) is 9.06. The summed E-state index contributed by atoms with van der Waals surface area (Å²) in [4.78, 5) is 16.3. The number of ketones is 1. The number of pyridine rings is 1. The van der Waals surface area contributed by atoms with Crippen molar-refractivity contribution in [2.24, 2.45) is 0 Å². The van der Waals surface area contributed by atoms with E-state index < -0.39 is 0 Å². The highest BCUT2D eigenvalue weighted by Crippen LogP contribution is 2.17. The maximum atomic E-state index is 12.2. The second kappa shape index (κ2) is 5.85. The summed E-state index contributed by atoms with van der Waals surface area (Å²) in [5, 5.41) is 0.508. The van der Waals surface area contributed by atoms with Crippen LogP contribution in [0.2, 0.25) is 5.02 Å². The number of aromatic nitrogens is 1. The molecule has 19 heavy (non-hydrogen) atoms. The fourth-order valence-electron chi connectivity index (χ4n) is 1.64. The minimum absolute atomic E-state index is 0.0685. The van der Waals surface area contributed by atoms with Gasteiger partial charge < -0.3 is 4.74 Å². The number of rotatable bonds is 4. The van der Waals surface area contributed by atoms with E-state index in [-0.39, 0.29) is 11.9 Å². The molecule has 3 nitrogen and oxygen atoms in total. The predicted molar refractivity (Wildman–Crippen MR) is 74.9 cm³/mol. The lowest BCUT2D eigenvalue weighted by Gasteiger charge is -2.10. The standard InChI is InChI=1S/C15H14ClNO2/c1-10(2)19-13-5-3-4-11(8-13)15(18)14-7-6-12(16)9-17-14/h3-10H,1-2H3. The van der Waals surface area contributed by atoms with E-state index in [2.05, 4.69) is 4.98 Å². The van der Waals surface area contributed by atoms with E-state index in [1.165, 1.54) is 6.20 Å². The summed E-state index contributed by atoms with van der Waals surface area (Å²) < 4.78 is 5.57. The molecule has 1 aromatic heterocycles. The van der Waals surface area contributed by atoms with Crippen molar-refractivity contribution in [2.45, 2.75) is 20.0 Å². The van der Waals surface area contributed by atoms with E-state index in [9.17, 15) is 4.79 Å². The Balaban J connectivity index is 2.26. The van der Waals surface area contributed by atoms with Gasteiger partial charge in [0, 0.05) is 11.8 Å². The second-order valence-electron chi connectivity index (χ2n) is 4.39. The highest BCUT2D eigenvalue weighted by Gasteiger charge is 2.11. The van der Waals surface area contributed by atoms with Crippen molar-refractivity contribution in [3.05, 3.63) is 58.9 Å². The minimum Gasteiger partial charge on any atom is -0.491 e. The van der Waals surface area contributed by atoms with Crippen LogP contribution in [0.25, 0.3) is 0 Å². The molecule has 98 valence electrons. The van der Waals surface area contributed by atoms with Gasteiger partial charge >= 0.3 is 0 Å². The van der Waals surface area contributed by atoms with Crippen LogP contribution in [-0.4, -0.2) is 16.9 Å². The Morgan fingerprint density at radius 3 is 2.68 bits per heavy atom. The Bertz CT molecular complexity index is 579. The SMILES string of the molecule is CC(C)Oc1cccc(C(=O)c2ccc(Cl)cn2)c1. The first kappa shape index (κ1) is 13.6. The molecule has 0 saturated carbocycles. The van der Waals surface area contributed by atoms with Crippen LogP contribution in [0.1, 0.15) is 29.9 Å². The van der Waals surface area contributed by atoms with Crippen LogP contribution in [-0.2, 0) is 0 Å². The Hall–Kier alpha value is -1.87. The highest BCUT2D eigenvalue weighted by atomic mass is 35.5. The van der Waals surface area contributed by atoms with Gasteiger partial charge in [-0.05, 0) is 38.1 Å². The van der Waals surface area contributed by atoms with Crippen molar-refractivity contribution in [3.8, 4) is 5.75 Å². The summed E-state index contributed by atoms with van der Waals surface area (Å²) >= 11 is 5.75. The monoisotopic (exact) mass is 275 g/mol. The van der Waals surface area contributed by atoms with Crippen molar-refractivity contribution in [2.75, 3.05) is 0 Å². The quantitative estimate of drug-likeness (QED) is 0.798. The molecule has 0 atom stereocenters. The molecule has 0 aliphatic carbocycles. The Labute approximate surface area is 117 Å². The zero-order valence-corrected chi connectivity index (χ0v) is 11.5. The molecule has 0 unspecified atom stereocenters. The van der Waals surface area contributed by atoms with Crippen molar-refractivity contribution >= 4 is 17.4 Å². The third kappa shape index (κ3) is 3.55. The lowest BCUT2D eigenvalue weighted by Crippen LogP contribution is -2.07. The van der Waals surface area contributed by atoms with Gasteiger partial charge in [0.25, 0.3) is 0 Å². The first-order valence-electron chi connectivity index (χ1n) is 5.99. The lowest BCUT2D eigenvalue weighted by molar-refractivity contribution is 0.103. The van der Waals surface area contributed by atoms with Gasteiger partial charge in [-0.1, -0.05) is 23.7 Å². The molecule has 0 bridgehead atoms. The van der Waals surface area contributed by atoms with Crippen LogP contribution < -0.4 is 4.74 Å². The first-order valence-corrected chi connectivity index (χ1v) is 6.37. The molecule has 0 amide bonds. The smallest absolute Gasteiger partial charge is 0.211 e. The van der Waals surface area contributed by atoms with E-state index in [4.69, 9.17) is 16.3 Å². The molecule has 4 heteroatoms. The predicted octanol–water partition coefficient (Wildman–Crippen LogP) is 3.75. The molecule has 1 heterocycles. The lowest BCUT2D eigenvalue weighted by atomic mass is 10.1. The third-order valence-corrected chi connectivity index (χ3v) is 2.65. The van der Waals surface area contributed by atoms with Crippen LogP contribution in [0.3, 0.4) is 0 Å². The fourth-order valence-corrected chi connectivity index (χ4v) is 1.75. The molecular weight excluding hydrogens is 262 g/mol. The van der Waals surface area contributed by atoms with Crippen LogP contribution in [0.4, 0.5) is 0 Å². The number of halogens is 1. The van der Waals surface area contributed by atoms with Crippen LogP contribution in [0, 0.1) is 0 Å². The number of carbonyl (C=O) groups is 1. The molecule has 0 aliphatic rings. The number of carbonyl (C=O) groups excluding carboxylic acids is 1. The molecule has 0 radical (unpaired) electrons. The molecule has 0 spiro atoms. The average molecular weight is 276 g/mol. The van der Waals surface area contributed by atoms with Crippen LogP contribution in [0.15, 0.2) is 42.6 Å². The summed E-state index contributed by atoms with van der Waals surface area (Å²) in [5.41, 5.74) is 0.916. The van der Waals surface area contributed by atoms with E-state index >= 15 is 0 Å². The van der Waals surface area contributed by atoms with Crippen molar-refractivity contribution in [1.82, 2.24) is 4.98 Å². The van der Waals surface area contributed by atoms with Gasteiger partial charge in [0.1, 0.15) is 11.4 Å². The molecule has 0 fully saturated rings. The summed E-state index contributed by atoms with van der Waals surface area (Å²) in [5.74, 6) is 0.528. The number of nitrogens with zero attached hydrogens (tertiary/aromatic N) is 1. The van der Waals surface area contributed by atoms with Crippen molar-refractivity contribution < 1.29 is 9.53 Å². The Morgan fingerprint density at radius 1 is 1.26 bits per heavy atom. The topological polar surface area (TPSA) is 39.2 Å². The van der Waals surface area contributed by atoms with Crippen molar-refractivity contribution in [3.63, 3.8) is 0 Å². The summed E-state index contributed by atoms with van der Waals surface area (Å²) in [6, 6.07) is 10.3. The molecule has 0 N–H and O–H groups in total. The normalized spacial score (nSPS) is 10.5. The Morgan fingerprint density at radius 2 is 2.05 bits per heavy atom. The zero-order chi connectivity index (χ0) is 13.8. The summed E-state index contributed by atoms with van der Waals surface area (Å²) in [7, 11) is 0. The fraction of sp³-hybridized carbons (Fsp3) is 0.200. The molecule has 1 aromatic carbocycles. The van der Waals surface area contributed by atoms with Crippen molar-refractivity contribution in [1.29, 1.82) is 0 Å². The molecule has 2 aromatic rings. The average Bonchev–Trinajstić information content (AvgIpc) is 2.38. The van der Waals surface area contributed by atoms with Gasteiger partial charge in [-0.2, -0.15) is 0 Å². The Kier molecular flexibility index (Phi) is 4.17.